The van der Waals surface area contributed by atoms with Gasteiger partial charge in [-0.15, -0.1) is 11.3 Å². The second-order valence-corrected chi connectivity index (χ2v) is 7.76. The van der Waals surface area contributed by atoms with E-state index in [1.807, 2.05) is 0 Å². The van der Waals surface area contributed by atoms with E-state index < -0.39 is 5.97 Å². The molecule has 0 radical (unpaired) electrons. The maximum absolute atomic E-state index is 11.3. The summed E-state index contributed by atoms with van der Waals surface area (Å²) in [5, 5.41) is 12.7. The van der Waals surface area contributed by atoms with Gasteiger partial charge in [0.15, 0.2) is 0 Å². The van der Waals surface area contributed by atoms with E-state index in [9.17, 15) is 9.90 Å². The number of aryl methyl sites for hydroxylation is 1. The van der Waals surface area contributed by atoms with Crippen LogP contribution in [0.2, 0.25) is 0 Å². The smallest absolute Gasteiger partial charge is 0.308 e. The molecule has 2 saturated heterocycles. The number of aliphatic carboxylic acids is 1. The fourth-order valence-electron chi connectivity index (χ4n) is 3.75. The van der Waals surface area contributed by atoms with Crippen LogP contribution in [-0.4, -0.2) is 33.0 Å². The van der Waals surface area contributed by atoms with Gasteiger partial charge in [0.05, 0.1) is 16.6 Å². The number of aromatic nitrogens is 1. The molecular formula is C16H24N2O2S. The maximum atomic E-state index is 11.3. The van der Waals surface area contributed by atoms with Gasteiger partial charge in [0, 0.05) is 24.0 Å². The van der Waals surface area contributed by atoms with Gasteiger partial charge in [-0.3, -0.25) is 9.69 Å². The number of nitrogens with zero attached hydrogens (tertiary/aromatic N) is 2. The average Bonchev–Trinajstić information content (AvgIpc) is 3.12. The van der Waals surface area contributed by atoms with E-state index in [2.05, 4.69) is 24.1 Å². The Balaban J connectivity index is 1.61. The van der Waals surface area contributed by atoms with Crippen molar-refractivity contribution in [3.8, 4) is 0 Å². The molecule has 3 rings (SSSR count). The number of fused-ring (bicyclic) bond motifs is 2. The third-order valence-corrected chi connectivity index (χ3v) is 5.84. The molecular weight excluding hydrogens is 284 g/mol. The van der Waals surface area contributed by atoms with Crippen molar-refractivity contribution >= 4 is 17.3 Å². The first kappa shape index (κ1) is 15.0. The summed E-state index contributed by atoms with van der Waals surface area (Å²) >= 11 is 1.75. The molecule has 2 aliphatic heterocycles. The zero-order valence-electron chi connectivity index (χ0n) is 12.8. The molecule has 116 valence electrons. The van der Waals surface area contributed by atoms with Crippen molar-refractivity contribution in [2.75, 3.05) is 0 Å². The topological polar surface area (TPSA) is 53.4 Å². The van der Waals surface area contributed by atoms with Gasteiger partial charge in [-0.05, 0) is 38.0 Å². The fraction of sp³-hybridized carbons (Fsp3) is 0.750. The second kappa shape index (κ2) is 6.05. The van der Waals surface area contributed by atoms with Gasteiger partial charge < -0.3 is 5.11 Å². The Hall–Kier alpha value is -0.940. The molecule has 1 aromatic rings. The molecule has 0 saturated carbocycles. The first-order valence-electron chi connectivity index (χ1n) is 7.96. The van der Waals surface area contributed by atoms with E-state index >= 15 is 0 Å². The van der Waals surface area contributed by atoms with Gasteiger partial charge in [0.25, 0.3) is 0 Å². The highest BCUT2D eigenvalue weighted by Crippen LogP contribution is 2.42. The molecule has 21 heavy (non-hydrogen) atoms. The highest BCUT2D eigenvalue weighted by Gasteiger charge is 2.49. The van der Waals surface area contributed by atoms with E-state index in [1.165, 1.54) is 11.4 Å². The molecule has 2 aliphatic rings. The number of carboxylic acids is 1. The number of thiazole rings is 1. The van der Waals surface area contributed by atoms with Crippen LogP contribution >= 0.6 is 11.3 Å². The Labute approximate surface area is 130 Å². The highest BCUT2D eigenvalue weighted by molar-refractivity contribution is 7.09. The zero-order valence-corrected chi connectivity index (χ0v) is 13.6. The lowest BCUT2D eigenvalue weighted by Gasteiger charge is -2.21. The third-order valence-electron chi connectivity index (χ3n) is 4.88. The summed E-state index contributed by atoms with van der Waals surface area (Å²) in [6.45, 7) is 5.31. The summed E-state index contributed by atoms with van der Waals surface area (Å²) in [5.41, 5.74) is 1.13. The molecule has 3 atom stereocenters. The number of carboxylic acid groups (broad SMARTS) is 1. The zero-order chi connectivity index (χ0) is 15.0. The molecule has 2 bridgehead atoms. The molecule has 3 heterocycles. The van der Waals surface area contributed by atoms with Gasteiger partial charge in [0.2, 0.25) is 0 Å². The van der Waals surface area contributed by atoms with Crippen LogP contribution in [0.25, 0.3) is 0 Å². The van der Waals surface area contributed by atoms with Crippen molar-refractivity contribution in [3.05, 3.63) is 16.1 Å². The van der Waals surface area contributed by atoms with Crippen molar-refractivity contribution in [1.29, 1.82) is 0 Å². The van der Waals surface area contributed by atoms with Crippen LogP contribution in [0.3, 0.4) is 0 Å². The Bertz CT molecular complexity index is 514. The quantitative estimate of drug-likeness (QED) is 0.877. The van der Waals surface area contributed by atoms with E-state index in [0.29, 0.717) is 12.0 Å². The minimum atomic E-state index is -0.622. The van der Waals surface area contributed by atoms with E-state index in [0.717, 1.165) is 37.9 Å². The first-order valence-corrected chi connectivity index (χ1v) is 8.84. The third kappa shape index (κ3) is 3.14. The minimum Gasteiger partial charge on any atom is -0.481 e. The van der Waals surface area contributed by atoms with Crippen molar-refractivity contribution in [3.63, 3.8) is 0 Å². The van der Waals surface area contributed by atoms with Gasteiger partial charge in [-0.25, -0.2) is 4.98 Å². The van der Waals surface area contributed by atoms with E-state index in [1.54, 1.807) is 11.3 Å². The standard InChI is InChI=1S/C16H24N2O2S/c1-10(2)3-6-15-17-11(9-21-15)8-18-12-4-5-14(18)13(7-12)16(19)20/h9-10,12-14H,3-8H2,1-2H3,(H,19,20). The lowest BCUT2D eigenvalue weighted by molar-refractivity contribution is -0.142. The van der Waals surface area contributed by atoms with Gasteiger partial charge >= 0.3 is 5.97 Å². The Kier molecular flexibility index (Phi) is 4.31. The molecule has 4 nitrogen and oxygen atoms in total. The van der Waals surface area contributed by atoms with Gasteiger partial charge in [-0.1, -0.05) is 13.8 Å². The summed E-state index contributed by atoms with van der Waals surface area (Å²) in [5.74, 6) is -0.0750. The molecule has 0 amide bonds. The largest absolute Gasteiger partial charge is 0.481 e. The lowest BCUT2D eigenvalue weighted by Crippen LogP contribution is -2.32. The van der Waals surface area contributed by atoms with Crippen molar-refractivity contribution in [2.24, 2.45) is 11.8 Å². The fourth-order valence-corrected chi connectivity index (χ4v) is 4.55. The summed E-state index contributed by atoms with van der Waals surface area (Å²) in [6, 6.07) is 0.685. The predicted octanol–water partition coefficient (Wildman–Crippen LogP) is 3.17. The first-order chi connectivity index (χ1) is 10.0. The second-order valence-electron chi connectivity index (χ2n) is 6.82. The molecule has 2 fully saturated rings. The number of hydrogen-bond acceptors (Lipinski definition) is 4. The summed E-state index contributed by atoms with van der Waals surface area (Å²) in [4.78, 5) is 18.4. The van der Waals surface area contributed by atoms with Gasteiger partial charge in [0.1, 0.15) is 0 Å². The van der Waals surface area contributed by atoms with Crippen LogP contribution in [0.15, 0.2) is 5.38 Å². The summed E-state index contributed by atoms with van der Waals surface area (Å²) < 4.78 is 0. The van der Waals surface area contributed by atoms with Crippen LogP contribution in [-0.2, 0) is 17.8 Å². The van der Waals surface area contributed by atoms with Crippen molar-refractivity contribution < 1.29 is 9.90 Å². The summed E-state index contributed by atoms with van der Waals surface area (Å²) in [7, 11) is 0. The summed E-state index contributed by atoms with van der Waals surface area (Å²) in [6.07, 6.45) is 5.26. The Morgan fingerprint density at radius 2 is 2.33 bits per heavy atom. The molecule has 0 aliphatic carbocycles. The van der Waals surface area contributed by atoms with Crippen LogP contribution in [0.5, 0.6) is 0 Å². The lowest BCUT2D eigenvalue weighted by atomic mass is 9.89. The average molecular weight is 308 g/mol. The van der Waals surface area contributed by atoms with Crippen LogP contribution in [0.1, 0.15) is 50.2 Å². The maximum Gasteiger partial charge on any atom is 0.308 e. The van der Waals surface area contributed by atoms with E-state index in [4.69, 9.17) is 4.98 Å². The molecule has 1 N–H and O–H groups in total. The van der Waals surface area contributed by atoms with E-state index in [-0.39, 0.29) is 12.0 Å². The Morgan fingerprint density at radius 3 is 3.00 bits per heavy atom. The van der Waals surface area contributed by atoms with Crippen molar-refractivity contribution in [2.45, 2.75) is 64.6 Å². The normalized spacial score (nSPS) is 28.6. The number of rotatable bonds is 6. The van der Waals surface area contributed by atoms with Gasteiger partial charge in [-0.2, -0.15) is 0 Å². The monoisotopic (exact) mass is 308 g/mol. The number of hydrogen-bond donors (Lipinski definition) is 1. The Morgan fingerprint density at radius 1 is 1.52 bits per heavy atom. The van der Waals surface area contributed by atoms with Crippen LogP contribution < -0.4 is 0 Å². The molecule has 0 spiro atoms. The van der Waals surface area contributed by atoms with Crippen molar-refractivity contribution in [1.82, 2.24) is 9.88 Å². The molecule has 5 heteroatoms. The van der Waals surface area contributed by atoms with Crippen LogP contribution in [0.4, 0.5) is 0 Å². The SMILES string of the molecule is CC(C)CCc1nc(CN2C3CCC2C(C(=O)O)C3)cs1. The molecule has 0 aromatic carbocycles. The highest BCUT2D eigenvalue weighted by atomic mass is 32.1. The molecule has 3 unspecified atom stereocenters. The van der Waals surface area contributed by atoms with Crippen LogP contribution in [0, 0.1) is 11.8 Å². The minimum absolute atomic E-state index is 0.164. The molecule has 1 aromatic heterocycles. The predicted molar refractivity (Wildman–Crippen MR) is 83.4 cm³/mol. The number of carbonyl (C=O) groups is 1.